The van der Waals surface area contributed by atoms with E-state index < -0.39 is 109 Å². The molecular formula is C54H32. The highest BCUT2D eigenvalue weighted by atomic mass is 14.2. The fraction of sp³-hybridized carbons (Fsp3) is 0. The second kappa shape index (κ2) is 11.2. The summed E-state index contributed by atoms with van der Waals surface area (Å²) in [7, 11) is 0. The van der Waals surface area contributed by atoms with Crippen LogP contribution in [0.3, 0.4) is 0 Å². The summed E-state index contributed by atoms with van der Waals surface area (Å²) in [6.07, 6.45) is 0. The van der Waals surface area contributed by atoms with Crippen LogP contribution in [-0.2, 0) is 0 Å². The summed E-state index contributed by atoms with van der Waals surface area (Å²) in [4.78, 5) is 0. The van der Waals surface area contributed by atoms with Crippen LogP contribution in [0.15, 0.2) is 194 Å². The molecule has 12 rings (SSSR count). The minimum Gasteiger partial charge on any atom is -0.0622 e. The number of hydrogen-bond donors (Lipinski definition) is 0. The van der Waals surface area contributed by atoms with Crippen molar-refractivity contribution in [3.8, 4) is 44.5 Å². The Hall–Kier alpha value is -7.02. The Morgan fingerprint density at radius 1 is 0.278 bits per heavy atom. The van der Waals surface area contributed by atoms with Gasteiger partial charge in [-0.15, -0.1) is 0 Å². The van der Waals surface area contributed by atoms with E-state index in [-0.39, 0.29) is 86.9 Å². The third kappa shape index (κ3) is 4.26. The van der Waals surface area contributed by atoms with Gasteiger partial charge in [0, 0.05) is 0 Å². The molecule has 0 aliphatic heterocycles. The first kappa shape index (κ1) is 17.2. The molecule has 0 heteroatoms. The maximum Gasteiger partial charge on any atom is 0.0630 e. The third-order valence-electron chi connectivity index (χ3n) is 10.4. The van der Waals surface area contributed by atoms with Crippen molar-refractivity contribution in [1.82, 2.24) is 0 Å². The molecule has 0 atom stereocenters. The molecular weight excluding hydrogens is 649 g/mol. The summed E-state index contributed by atoms with van der Waals surface area (Å²) in [5.74, 6) is 0. The van der Waals surface area contributed by atoms with Crippen LogP contribution in [-0.4, -0.2) is 0 Å². The van der Waals surface area contributed by atoms with Crippen LogP contribution in [0.4, 0.5) is 0 Å². The molecule has 54 heavy (non-hydrogen) atoms. The molecule has 0 aliphatic carbocycles. The van der Waals surface area contributed by atoms with Crippen molar-refractivity contribution in [1.29, 1.82) is 0 Å². The van der Waals surface area contributed by atoms with E-state index >= 15 is 0 Å². The molecule has 0 N–H and O–H groups in total. The van der Waals surface area contributed by atoms with E-state index in [4.69, 9.17) is 12.3 Å². The summed E-state index contributed by atoms with van der Waals surface area (Å²) in [6.45, 7) is 0. The van der Waals surface area contributed by atoms with Crippen molar-refractivity contribution in [2.24, 2.45) is 0 Å². The second-order valence-corrected chi connectivity index (χ2v) is 13.4. The quantitative estimate of drug-likeness (QED) is 0.161. The maximum atomic E-state index is 9.97. The summed E-state index contributed by atoms with van der Waals surface area (Å²) >= 11 is 0. The zero-order chi connectivity index (χ0) is 51.0. The fourth-order valence-electron chi connectivity index (χ4n) is 8.03. The van der Waals surface area contributed by atoms with Crippen molar-refractivity contribution in [3.63, 3.8) is 0 Å². The van der Waals surface area contributed by atoms with E-state index in [0.29, 0.717) is 22.3 Å². The molecule has 0 bridgehead atoms. The molecule has 12 aromatic carbocycles. The van der Waals surface area contributed by atoms with Gasteiger partial charge < -0.3 is 0 Å². The normalized spacial score (nSPS) is 16.7. The van der Waals surface area contributed by atoms with Crippen molar-refractivity contribution in [3.05, 3.63) is 194 Å². The van der Waals surface area contributed by atoms with Crippen molar-refractivity contribution in [2.45, 2.75) is 0 Å². The van der Waals surface area contributed by atoms with Crippen molar-refractivity contribution < 1.29 is 24.7 Å². The van der Waals surface area contributed by atoms with Crippen LogP contribution in [0.5, 0.6) is 0 Å². The fourth-order valence-corrected chi connectivity index (χ4v) is 8.03. The van der Waals surface area contributed by atoms with Crippen LogP contribution < -0.4 is 0 Å². The van der Waals surface area contributed by atoms with E-state index in [9.17, 15) is 12.3 Å². The Bertz CT molecular complexity index is 4420. The van der Waals surface area contributed by atoms with Crippen molar-refractivity contribution in [2.75, 3.05) is 0 Å². The van der Waals surface area contributed by atoms with E-state index in [1.807, 2.05) is 60.7 Å². The number of benzene rings is 12. The van der Waals surface area contributed by atoms with Gasteiger partial charge in [0.25, 0.3) is 0 Å². The Kier molecular flexibility index (Phi) is 3.58. The lowest BCUT2D eigenvalue weighted by molar-refractivity contribution is 1.57. The summed E-state index contributed by atoms with van der Waals surface area (Å²) in [6, 6.07) is 15.8. The molecule has 0 unspecified atom stereocenters. The van der Waals surface area contributed by atoms with Gasteiger partial charge in [-0.1, -0.05) is 175 Å². The van der Waals surface area contributed by atoms with Crippen LogP contribution in [0.25, 0.3) is 120 Å². The molecule has 248 valence electrons. The highest BCUT2D eigenvalue weighted by molar-refractivity contribution is 6.27. The number of hydrogen-bond acceptors (Lipinski definition) is 0. The Balaban J connectivity index is 1.36. The number of fused-ring (bicyclic) bond motifs is 1. The van der Waals surface area contributed by atoms with E-state index in [1.165, 1.54) is 0 Å². The summed E-state index contributed by atoms with van der Waals surface area (Å²) < 4.78 is 167. The molecule has 0 saturated carbocycles. The van der Waals surface area contributed by atoms with Crippen LogP contribution >= 0.6 is 0 Å². The van der Waals surface area contributed by atoms with E-state index in [2.05, 4.69) is 0 Å². The van der Waals surface area contributed by atoms with Crippen LogP contribution in [0.2, 0.25) is 0 Å². The van der Waals surface area contributed by atoms with Gasteiger partial charge in [0.1, 0.15) is 0 Å². The zero-order valence-electron chi connectivity index (χ0n) is 46.1. The molecule has 0 radical (unpaired) electrons. The molecule has 0 aromatic heterocycles. The van der Waals surface area contributed by atoms with E-state index in [1.54, 1.807) is 24.3 Å². The average Bonchev–Trinajstić information content (AvgIpc) is 3.37. The highest BCUT2D eigenvalue weighted by Gasteiger charge is 2.22. The molecule has 0 nitrogen and oxygen atoms in total. The average molecular weight is 699 g/mol. The Morgan fingerprint density at radius 2 is 0.778 bits per heavy atom. The molecule has 0 spiro atoms. The molecule has 12 aromatic rings. The first-order valence-corrected chi connectivity index (χ1v) is 17.4. The smallest absolute Gasteiger partial charge is 0.0622 e. The second-order valence-electron chi connectivity index (χ2n) is 13.4. The predicted octanol–water partition coefficient (Wildman–Crippen LogP) is 15.3. The Morgan fingerprint density at radius 3 is 1.43 bits per heavy atom. The lowest BCUT2D eigenvalue weighted by Gasteiger charge is -2.22. The molecule has 0 amide bonds. The van der Waals surface area contributed by atoms with Gasteiger partial charge in [-0.2, -0.15) is 0 Å². The molecule has 0 saturated heterocycles. The SMILES string of the molecule is [2H]c1c([2H])c2c([2H])c([2H])c3c([2H])c([2H])c(-c4cc(-c5ccccc5)c(-c5ccc6ccccc6c5)c(-c5c([2H])c([2H])c6c([2H])c([2H])c7c([2H])c([2H])c([2H])c8c([2H])c([2H])c5c6c78)c4)c4c([2H])c([2H])c(c1[2H])c2c34. The minimum atomic E-state index is -0.611. The summed E-state index contributed by atoms with van der Waals surface area (Å²) in [5, 5.41) is 0.00364. The van der Waals surface area contributed by atoms with E-state index in [0.717, 1.165) is 10.8 Å². The maximum absolute atomic E-state index is 9.97. The minimum absolute atomic E-state index is 0.0219. The van der Waals surface area contributed by atoms with Gasteiger partial charge in [0.2, 0.25) is 0 Å². The summed E-state index contributed by atoms with van der Waals surface area (Å²) in [5.41, 5.74) is 2.13. The molecule has 0 fully saturated rings. The molecule has 0 aliphatic rings. The van der Waals surface area contributed by atoms with Gasteiger partial charge in [-0.3, -0.25) is 0 Å². The molecule has 0 heterocycles. The first-order valence-electron chi connectivity index (χ1n) is 26.4. The monoisotopic (exact) mass is 698 g/mol. The van der Waals surface area contributed by atoms with Gasteiger partial charge in [-0.05, 0) is 138 Å². The first-order chi connectivity index (χ1) is 34.3. The number of rotatable bonds is 4. The third-order valence-corrected chi connectivity index (χ3v) is 10.4. The van der Waals surface area contributed by atoms with Gasteiger partial charge in [0.15, 0.2) is 0 Å². The predicted molar refractivity (Wildman–Crippen MR) is 233 cm³/mol. The van der Waals surface area contributed by atoms with Crippen LogP contribution in [0.1, 0.15) is 24.7 Å². The highest BCUT2D eigenvalue weighted by Crippen LogP contribution is 2.49. The van der Waals surface area contributed by atoms with Gasteiger partial charge >= 0.3 is 0 Å². The topological polar surface area (TPSA) is 0 Å². The van der Waals surface area contributed by atoms with Crippen molar-refractivity contribution >= 4 is 75.4 Å². The van der Waals surface area contributed by atoms with Gasteiger partial charge in [0.05, 0.1) is 24.7 Å². The Labute approximate surface area is 338 Å². The van der Waals surface area contributed by atoms with Gasteiger partial charge in [-0.25, -0.2) is 0 Å². The standard InChI is InChI=1S/C54H32/c1-2-9-34(10-3-1)48-31-43(44-26-22-39-19-17-35-12-6-14-37-24-28-46(44)53(39)50(35)37)32-49(52(48)42-21-16-33-8-4-5-11-41(33)30-42)45-27-23-40-20-18-36-13-7-15-38-25-29-47(45)54(40)51(36)38/h1-32H/i6D,7D,12D,13D,14D,15D,17D,18D,19D,20D,22D,23D,24D,25D,26D,27D,28D,29D. The lowest BCUT2D eigenvalue weighted by Crippen LogP contribution is -1.95. The largest absolute Gasteiger partial charge is 0.0630 e. The van der Waals surface area contributed by atoms with Crippen LogP contribution in [0, 0.1) is 0 Å². The zero-order valence-corrected chi connectivity index (χ0v) is 28.1. The lowest BCUT2D eigenvalue weighted by atomic mass is 9.81.